The van der Waals surface area contributed by atoms with Crippen LogP contribution in [0.1, 0.15) is 37.2 Å². The van der Waals surface area contributed by atoms with Gasteiger partial charge in [-0.3, -0.25) is 0 Å². The highest BCUT2D eigenvalue weighted by atomic mass is 16.5. The molecule has 0 aliphatic rings. The van der Waals surface area contributed by atoms with Gasteiger partial charge in [-0.1, -0.05) is 0 Å². The van der Waals surface area contributed by atoms with Gasteiger partial charge in [0.25, 0.3) is 0 Å². The zero-order valence-electron chi connectivity index (χ0n) is 8.86. The molecule has 0 aliphatic heterocycles. The number of carbonyl (C=O) groups excluding carboxylic acids is 1. The molecule has 14 heavy (non-hydrogen) atoms. The number of carbonyl (C=O) groups is 1. The van der Waals surface area contributed by atoms with E-state index in [-0.39, 0.29) is 5.97 Å². The fraction of sp³-hybridized carbons (Fsp3) is 0.455. The minimum absolute atomic E-state index is 0.262. The van der Waals surface area contributed by atoms with Gasteiger partial charge in [-0.2, -0.15) is 0 Å². The van der Waals surface area contributed by atoms with Crippen LogP contribution in [0.5, 0.6) is 0 Å². The molecule has 76 valence electrons. The molecule has 1 aromatic heterocycles. The van der Waals surface area contributed by atoms with Crippen LogP contribution >= 0.6 is 0 Å². The first-order valence-electron chi connectivity index (χ1n) is 4.83. The highest BCUT2D eigenvalue weighted by Gasteiger charge is 2.12. The van der Waals surface area contributed by atoms with E-state index in [9.17, 15) is 4.79 Å². The summed E-state index contributed by atoms with van der Waals surface area (Å²) in [5.74, 6) is -0.262. The lowest BCUT2D eigenvalue weighted by Crippen LogP contribution is -2.36. The summed E-state index contributed by atoms with van der Waals surface area (Å²) in [6.45, 7) is 6.34. The van der Waals surface area contributed by atoms with E-state index < -0.39 is 0 Å². The van der Waals surface area contributed by atoms with Crippen molar-refractivity contribution in [2.24, 2.45) is 0 Å². The molecule has 0 saturated carbocycles. The molecule has 1 heterocycles. The SMILES string of the molecule is CCOC(=O)c1ccc[n+](C(C)C)c1. The lowest BCUT2D eigenvalue weighted by Gasteiger charge is -2.02. The van der Waals surface area contributed by atoms with E-state index in [0.717, 1.165) is 0 Å². The second-order valence-corrected chi connectivity index (χ2v) is 3.35. The second-order valence-electron chi connectivity index (χ2n) is 3.35. The lowest BCUT2D eigenvalue weighted by atomic mass is 10.2. The fourth-order valence-corrected chi connectivity index (χ4v) is 1.15. The second kappa shape index (κ2) is 4.74. The minimum atomic E-state index is -0.262. The van der Waals surface area contributed by atoms with Crippen molar-refractivity contribution in [3.8, 4) is 0 Å². The number of ether oxygens (including phenoxy) is 1. The Morgan fingerprint density at radius 3 is 2.86 bits per heavy atom. The predicted molar refractivity (Wildman–Crippen MR) is 53.0 cm³/mol. The highest BCUT2D eigenvalue weighted by molar-refractivity contribution is 5.88. The normalized spacial score (nSPS) is 10.3. The van der Waals surface area contributed by atoms with Gasteiger partial charge >= 0.3 is 5.97 Å². The zero-order chi connectivity index (χ0) is 10.6. The molecule has 0 amide bonds. The summed E-state index contributed by atoms with van der Waals surface area (Å²) in [5, 5.41) is 0. The number of hydrogen-bond donors (Lipinski definition) is 0. The Labute approximate surface area is 84.3 Å². The Bertz CT molecular complexity index is 321. The predicted octanol–water partition coefficient (Wildman–Crippen LogP) is 1.73. The Morgan fingerprint density at radius 1 is 1.57 bits per heavy atom. The van der Waals surface area contributed by atoms with Gasteiger partial charge in [0.15, 0.2) is 18.4 Å². The summed E-state index contributed by atoms with van der Waals surface area (Å²) in [4.78, 5) is 11.4. The van der Waals surface area contributed by atoms with Crippen LogP contribution in [0, 0.1) is 0 Å². The third kappa shape index (κ3) is 2.55. The number of pyridine rings is 1. The van der Waals surface area contributed by atoms with E-state index >= 15 is 0 Å². The number of nitrogens with zero attached hydrogens (tertiary/aromatic N) is 1. The average molecular weight is 194 g/mol. The molecule has 3 nitrogen and oxygen atoms in total. The van der Waals surface area contributed by atoms with Crippen molar-refractivity contribution in [2.45, 2.75) is 26.8 Å². The molecular formula is C11H16NO2+. The van der Waals surface area contributed by atoms with Crippen LogP contribution < -0.4 is 4.57 Å². The van der Waals surface area contributed by atoms with E-state index in [1.54, 1.807) is 13.0 Å². The molecule has 0 radical (unpaired) electrons. The molecule has 0 atom stereocenters. The summed E-state index contributed by atoms with van der Waals surface area (Å²) in [6, 6.07) is 3.97. The third-order valence-corrected chi connectivity index (χ3v) is 1.93. The van der Waals surface area contributed by atoms with Gasteiger partial charge in [-0.25, -0.2) is 9.36 Å². The molecule has 1 aromatic rings. The first-order chi connectivity index (χ1) is 6.65. The molecule has 0 bridgehead atoms. The van der Waals surface area contributed by atoms with Crippen LogP contribution in [0.3, 0.4) is 0 Å². The third-order valence-electron chi connectivity index (χ3n) is 1.93. The number of esters is 1. The van der Waals surface area contributed by atoms with E-state index in [1.807, 2.05) is 23.0 Å². The first-order valence-corrected chi connectivity index (χ1v) is 4.83. The zero-order valence-corrected chi connectivity index (χ0v) is 8.86. The van der Waals surface area contributed by atoms with Gasteiger partial charge in [0.1, 0.15) is 5.56 Å². The van der Waals surface area contributed by atoms with Crippen molar-refractivity contribution >= 4 is 5.97 Å². The van der Waals surface area contributed by atoms with Crippen LogP contribution in [0.15, 0.2) is 24.5 Å². The highest BCUT2D eigenvalue weighted by Crippen LogP contribution is 2.00. The van der Waals surface area contributed by atoms with Gasteiger partial charge in [-0.15, -0.1) is 0 Å². The van der Waals surface area contributed by atoms with Gasteiger partial charge in [0, 0.05) is 6.07 Å². The maximum absolute atomic E-state index is 11.4. The van der Waals surface area contributed by atoms with Gasteiger partial charge in [-0.05, 0) is 26.8 Å². The summed E-state index contributed by atoms with van der Waals surface area (Å²) in [5.41, 5.74) is 0.600. The topological polar surface area (TPSA) is 30.2 Å². The monoisotopic (exact) mass is 194 g/mol. The van der Waals surface area contributed by atoms with Crippen LogP contribution in [-0.4, -0.2) is 12.6 Å². The lowest BCUT2D eigenvalue weighted by molar-refractivity contribution is -0.716. The molecule has 0 N–H and O–H groups in total. The van der Waals surface area contributed by atoms with Crippen molar-refractivity contribution in [3.63, 3.8) is 0 Å². The molecular weight excluding hydrogens is 178 g/mol. The van der Waals surface area contributed by atoms with E-state index in [0.29, 0.717) is 18.2 Å². The van der Waals surface area contributed by atoms with Gasteiger partial charge < -0.3 is 4.74 Å². The quantitative estimate of drug-likeness (QED) is 0.542. The Kier molecular flexibility index (Phi) is 3.63. The summed E-state index contributed by atoms with van der Waals surface area (Å²) < 4.78 is 6.89. The summed E-state index contributed by atoms with van der Waals surface area (Å²) in [7, 11) is 0. The number of rotatable bonds is 3. The van der Waals surface area contributed by atoms with Gasteiger partial charge in [0.2, 0.25) is 0 Å². The standard InChI is InChI=1S/C11H16NO2/c1-4-14-11(13)10-6-5-7-12(8-10)9(2)3/h5-9H,4H2,1-3H3/q+1. The molecule has 0 fully saturated rings. The smallest absolute Gasteiger partial charge is 0.344 e. The van der Waals surface area contributed by atoms with Crippen molar-refractivity contribution in [1.29, 1.82) is 0 Å². The molecule has 0 aromatic carbocycles. The number of hydrogen-bond acceptors (Lipinski definition) is 2. The fourth-order valence-electron chi connectivity index (χ4n) is 1.15. The maximum atomic E-state index is 11.4. The molecule has 3 heteroatoms. The van der Waals surface area contributed by atoms with Crippen molar-refractivity contribution in [2.75, 3.05) is 6.61 Å². The van der Waals surface area contributed by atoms with Crippen LogP contribution in [0.25, 0.3) is 0 Å². The molecule has 0 unspecified atom stereocenters. The average Bonchev–Trinajstić information content (AvgIpc) is 2.18. The van der Waals surface area contributed by atoms with Crippen LogP contribution in [0.4, 0.5) is 0 Å². The largest absolute Gasteiger partial charge is 0.462 e. The number of aromatic nitrogens is 1. The molecule has 0 aliphatic carbocycles. The van der Waals surface area contributed by atoms with Crippen LogP contribution in [0.2, 0.25) is 0 Å². The molecule has 0 spiro atoms. The maximum Gasteiger partial charge on any atom is 0.344 e. The van der Waals surface area contributed by atoms with E-state index in [1.165, 1.54) is 0 Å². The van der Waals surface area contributed by atoms with Crippen molar-refractivity contribution in [1.82, 2.24) is 0 Å². The van der Waals surface area contributed by atoms with Crippen LogP contribution in [-0.2, 0) is 4.74 Å². The summed E-state index contributed by atoms with van der Waals surface area (Å²) >= 11 is 0. The Hall–Kier alpha value is -1.38. The Morgan fingerprint density at radius 2 is 2.29 bits per heavy atom. The van der Waals surface area contributed by atoms with Gasteiger partial charge in [0.05, 0.1) is 6.61 Å². The van der Waals surface area contributed by atoms with Crippen molar-refractivity contribution in [3.05, 3.63) is 30.1 Å². The molecule has 1 rings (SSSR count). The minimum Gasteiger partial charge on any atom is -0.462 e. The van der Waals surface area contributed by atoms with Crippen molar-refractivity contribution < 1.29 is 14.1 Å². The first kappa shape index (κ1) is 10.7. The molecule has 0 saturated heterocycles. The summed E-state index contributed by atoms with van der Waals surface area (Å²) in [6.07, 6.45) is 3.75. The Balaban J connectivity index is 2.88. The van der Waals surface area contributed by atoms with E-state index in [2.05, 4.69) is 13.8 Å². The van der Waals surface area contributed by atoms with E-state index in [4.69, 9.17) is 4.74 Å².